The molecule has 3 N–H and O–H groups in total. The van der Waals surface area contributed by atoms with Gasteiger partial charge < -0.3 is 10.5 Å². The highest BCUT2D eigenvalue weighted by atomic mass is 32.2. The van der Waals surface area contributed by atoms with Gasteiger partial charge in [0.25, 0.3) is 10.1 Å². The maximum Gasteiger partial charge on any atom is 0.338 e. The Kier molecular flexibility index (Phi) is 4.02. The van der Waals surface area contributed by atoms with Crippen molar-refractivity contribution in [1.29, 1.82) is 0 Å². The van der Waals surface area contributed by atoms with Crippen LogP contribution in [0.4, 0.5) is 10.1 Å². The van der Waals surface area contributed by atoms with Crippen molar-refractivity contribution in [2.24, 2.45) is 0 Å². The molecule has 1 aromatic rings. The van der Waals surface area contributed by atoms with Gasteiger partial charge in [0.15, 0.2) is 0 Å². The van der Waals surface area contributed by atoms with Gasteiger partial charge in [-0.05, 0) is 18.2 Å². The van der Waals surface area contributed by atoms with Gasteiger partial charge in [-0.15, -0.1) is 0 Å². The van der Waals surface area contributed by atoms with E-state index in [9.17, 15) is 17.6 Å². The van der Waals surface area contributed by atoms with Crippen molar-refractivity contribution < 1.29 is 26.9 Å². The van der Waals surface area contributed by atoms with E-state index in [1.54, 1.807) is 0 Å². The molecule has 1 rings (SSSR count). The number of carbonyl (C=O) groups is 1. The molecule has 94 valence electrons. The lowest BCUT2D eigenvalue weighted by Crippen LogP contribution is -2.15. The molecule has 0 atom stereocenters. The largest absolute Gasteiger partial charge is 0.461 e. The van der Waals surface area contributed by atoms with Crippen LogP contribution in [0, 0.1) is 5.82 Å². The molecule has 0 aliphatic rings. The van der Waals surface area contributed by atoms with Gasteiger partial charge in [0.05, 0.1) is 11.3 Å². The fourth-order valence-corrected chi connectivity index (χ4v) is 1.27. The fraction of sp³-hybridized carbons (Fsp3) is 0.222. The first kappa shape index (κ1) is 13.4. The molecular formula is C9H10FNO5S. The summed E-state index contributed by atoms with van der Waals surface area (Å²) in [6.07, 6.45) is 0. The number of hydrogen-bond donors (Lipinski definition) is 2. The Morgan fingerprint density at radius 3 is 2.65 bits per heavy atom. The lowest BCUT2D eigenvalue weighted by Gasteiger charge is -2.04. The van der Waals surface area contributed by atoms with Crippen molar-refractivity contribution in [2.45, 2.75) is 0 Å². The first-order chi connectivity index (χ1) is 7.79. The zero-order valence-electron chi connectivity index (χ0n) is 8.59. The van der Waals surface area contributed by atoms with Gasteiger partial charge in [-0.1, -0.05) is 0 Å². The molecule has 1 aromatic carbocycles. The van der Waals surface area contributed by atoms with Crippen LogP contribution in [0.5, 0.6) is 0 Å². The van der Waals surface area contributed by atoms with E-state index in [1.165, 1.54) is 12.1 Å². The maximum absolute atomic E-state index is 13.0. The summed E-state index contributed by atoms with van der Waals surface area (Å²) in [5.41, 5.74) is 5.00. The van der Waals surface area contributed by atoms with Gasteiger partial charge in [0, 0.05) is 0 Å². The minimum Gasteiger partial charge on any atom is -0.461 e. The number of ether oxygens (including phenoxy) is 1. The van der Waals surface area contributed by atoms with Crippen LogP contribution in [0.2, 0.25) is 0 Å². The minimum atomic E-state index is -4.19. The van der Waals surface area contributed by atoms with Gasteiger partial charge in [-0.2, -0.15) is 8.42 Å². The zero-order valence-corrected chi connectivity index (χ0v) is 9.41. The molecular weight excluding hydrogens is 253 g/mol. The summed E-state index contributed by atoms with van der Waals surface area (Å²) in [6, 6.07) is 3.31. The van der Waals surface area contributed by atoms with E-state index >= 15 is 0 Å². The highest BCUT2D eigenvalue weighted by Gasteiger charge is 2.11. The molecule has 8 heteroatoms. The average molecular weight is 263 g/mol. The molecule has 0 saturated heterocycles. The molecule has 0 amide bonds. The summed E-state index contributed by atoms with van der Waals surface area (Å²) in [7, 11) is -4.19. The average Bonchev–Trinajstić information content (AvgIpc) is 2.20. The Hall–Kier alpha value is -1.67. The van der Waals surface area contributed by atoms with Gasteiger partial charge in [0.1, 0.15) is 18.2 Å². The molecule has 0 aromatic heterocycles. The van der Waals surface area contributed by atoms with Crippen molar-refractivity contribution in [1.82, 2.24) is 0 Å². The van der Waals surface area contributed by atoms with Crippen molar-refractivity contribution in [3.05, 3.63) is 29.6 Å². The normalized spacial score (nSPS) is 11.2. The first-order valence-corrected chi connectivity index (χ1v) is 6.08. The maximum atomic E-state index is 13.0. The number of halogens is 1. The van der Waals surface area contributed by atoms with Crippen LogP contribution in [0.1, 0.15) is 10.4 Å². The second-order valence-electron chi connectivity index (χ2n) is 3.16. The molecule has 17 heavy (non-hydrogen) atoms. The van der Waals surface area contributed by atoms with Crippen molar-refractivity contribution in [3.8, 4) is 0 Å². The number of benzene rings is 1. The predicted molar refractivity (Wildman–Crippen MR) is 57.5 cm³/mol. The Balaban J connectivity index is 2.61. The summed E-state index contributed by atoms with van der Waals surface area (Å²) in [6.45, 7) is -0.510. The molecule has 0 bridgehead atoms. The van der Waals surface area contributed by atoms with E-state index in [1.807, 2.05) is 0 Å². The lowest BCUT2D eigenvalue weighted by atomic mass is 10.2. The van der Waals surface area contributed by atoms with E-state index in [0.29, 0.717) is 0 Å². The standard InChI is InChI=1S/C9H10FNO5S/c10-7-5-6(1-2-8(7)11)9(12)16-3-4-17(13,14)15/h1-2,5H,3-4,11H2,(H,13,14,15). The molecule has 6 nitrogen and oxygen atoms in total. The molecule has 0 fully saturated rings. The third-order valence-corrected chi connectivity index (χ3v) is 2.49. The lowest BCUT2D eigenvalue weighted by molar-refractivity contribution is 0.0528. The molecule has 0 saturated carbocycles. The molecule has 0 aliphatic heterocycles. The van der Waals surface area contributed by atoms with Crippen molar-refractivity contribution >= 4 is 21.8 Å². The summed E-state index contributed by atoms with van der Waals surface area (Å²) >= 11 is 0. The van der Waals surface area contributed by atoms with E-state index in [4.69, 9.17) is 10.3 Å². The third kappa shape index (κ3) is 4.37. The molecule has 0 radical (unpaired) electrons. The molecule has 0 unspecified atom stereocenters. The summed E-state index contributed by atoms with van der Waals surface area (Å²) in [5.74, 6) is -2.38. The van der Waals surface area contributed by atoms with Crippen molar-refractivity contribution in [3.63, 3.8) is 0 Å². The van der Waals surface area contributed by atoms with Crippen LogP contribution in [0.25, 0.3) is 0 Å². The highest BCUT2D eigenvalue weighted by molar-refractivity contribution is 7.85. The predicted octanol–water partition coefficient (Wildman–Crippen LogP) is 0.453. The third-order valence-electron chi connectivity index (χ3n) is 1.81. The summed E-state index contributed by atoms with van der Waals surface area (Å²) < 4.78 is 46.6. The molecule has 0 heterocycles. The van der Waals surface area contributed by atoms with Crippen molar-refractivity contribution in [2.75, 3.05) is 18.1 Å². The number of hydrogen-bond acceptors (Lipinski definition) is 5. The number of carbonyl (C=O) groups excluding carboxylic acids is 1. The molecule has 0 spiro atoms. The number of rotatable bonds is 4. The van der Waals surface area contributed by atoms with E-state index in [2.05, 4.69) is 4.74 Å². The van der Waals surface area contributed by atoms with Gasteiger partial charge >= 0.3 is 5.97 Å². The summed E-state index contributed by atoms with van der Waals surface area (Å²) in [4.78, 5) is 11.3. The quantitative estimate of drug-likeness (QED) is 0.464. The van der Waals surface area contributed by atoms with E-state index in [0.717, 1.165) is 6.07 Å². The smallest absolute Gasteiger partial charge is 0.338 e. The number of anilines is 1. The van der Waals surface area contributed by atoms with Crippen LogP contribution in [0.3, 0.4) is 0 Å². The van der Waals surface area contributed by atoms with Gasteiger partial charge in [-0.25, -0.2) is 9.18 Å². The van der Waals surface area contributed by atoms with Crippen LogP contribution in [-0.2, 0) is 14.9 Å². The van der Waals surface area contributed by atoms with E-state index < -0.39 is 34.3 Å². The van der Waals surface area contributed by atoms with E-state index in [-0.39, 0.29) is 11.3 Å². The SMILES string of the molecule is Nc1ccc(C(=O)OCCS(=O)(=O)O)cc1F. The van der Waals surface area contributed by atoms with Crippen LogP contribution < -0.4 is 5.73 Å². The van der Waals surface area contributed by atoms with Crippen LogP contribution in [0.15, 0.2) is 18.2 Å². The van der Waals surface area contributed by atoms with Crippen LogP contribution >= 0.6 is 0 Å². The second-order valence-corrected chi connectivity index (χ2v) is 4.73. The Morgan fingerprint density at radius 2 is 2.12 bits per heavy atom. The fourth-order valence-electron chi connectivity index (χ4n) is 0.977. The summed E-state index contributed by atoms with van der Waals surface area (Å²) in [5, 5.41) is 0. The number of esters is 1. The van der Waals surface area contributed by atoms with Crippen LogP contribution in [-0.4, -0.2) is 31.3 Å². The Labute approximate surface area is 96.9 Å². The Bertz CT molecular complexity index is 528. The van der Waals surface area contributed by atoms with Gasteiger partial charge in [0.2, 0.25) is 0 Å². The topological polar surface area (TPSA) is 107 Å². The monoisotopic (exact) mass is 263 g/mol. The Morgan fingerprint density at radius 1 is 1.47 bits per heavy atom. The first-order valence-electron chi connectivity index (χ1n) is 4.47. The number of nitrogen functional groups attached to an aromatic ring is 1. The molecule has 0 aliphatic carbocycles. The zero-order chi connectivity index (χ0) is 13.1. The van der Waals surface area contributed by atoms with Gasteiger partial charge in [-0.3, -0.25) is 4.55 Å². The second kappa shape index (κ2) is 5.11. The minimum absolute atomic E-state index is 0.0907. The number of nitrogens with two attached hydrogens (primary N) is 1. The highest BCUT2D eigenvalue weighted by Crippen LogP contribution is 2.12.